The van der Waals surface area contributed by atoms with E-state index < -0.39 is 11.9 Å². The van der Waals surface area contributed by atoms with E-state index in [1.54, 1.807) is 38.4 Å². The number of nitrogens with zero attached hydrogens (tertiary/aromatic N) is 2. The van der Waals surface area contributed by atoms with E-state index in [0.29, 0.717) is 21.6 Å². The van der Waals surface area contributed by atoms with E-state index in [-0.39, 0.29) is 0 Å². The number of pyridine rings is 1. The second-order valence-corrected chi connectivity index (χ2v) is 6.79. The Balaban J connectivity index is 2.37. The van der Waals surface area contributed by atoms with Crippen LogP contribution in [-0.2, 0) is 0 Å². The van der Waals surface area contributed by atoms with E-state index in [4.69, 9.17) is 11.6 Å². The Hall–Kier alpha value is -1.73. The number of halogens is 4. The van der Waals surface area contributed by atoms with Gasteiger partial charge in [0.25, 0.3) is 0 Å². The molecule has 0 unspecified atom stereocenters. The van der Waals surface area contributed by atoms with Gasteiger partial charge >= 0.3 is 6.18 Å². The number of aromatic nitrogens is 1. The fourth-order valence-electron chi connectivity index (χ4n) is 2.16. The van der Waals surface area contributed by atoms with Gasteiger partial charge in [-0.05, 0) is 43.2 Å². The number of nitrogens with one attached hydrogen (secondary N) is 1. The van der Waals surface area contributed by atoms with Crippen LogP contribution in [0.2, 0.25) is 5.15 Å². The second kappa shape index (κ2) is 8.10. The zero-order chi connectivity index (χ0) is 18.6. The molecule has 0 amide bonds. The average molecular weight is 388 g/mol. The number of rotatable bonds is 4. The second-order valence-electron chi connectivity index (χ2n) is 5.39. The molecular formula is C17H17ClF3N3S. The third kappa shape index (κ3) is 5.64. The Morgan fingerprint density at radius 3 is 2.52 bits per heavy atom. The standard InChI is InChI=1S/C17H17ClF3N3S/c1-10-6-11(2)14(25-9-17(19,20)21)7-13(10)24-16(22-3)12-4-5-15(18)23-8-12/h4-8H,9H2,1-3H3,(H,22,24). The lowest BCUT2D eigenvalue weighted by Crippen LogP contribution is -2.19. The summed E-state index contributed by atoms with van der Waals surface area (Å²) >= 11 is 6.55. The molecule has 2 rings (SSSR count). The maximum atomic E-state index is 12.5. The van der Waals surface area contributed by atoms with Gasteiger partial charge in [-0.2, -0.15) is 13.2 Å². The molecular weight excluding hydrogens is 371 g/mol. The van der Waals surface area contributed by atoms with Crippen molar-refractivity contribution < 1.29 is 13.2 Å². The summed E-state index contributed by atoms with van der Waals surface area (Å²) in [5.41, 5.74) is 3.01. The van der Waals surface area contributed by atoms with Crippen LogP contribution < -0.4 is 5.32 Å². The van der Waals surface area contributed by atoms with E-state index in [1.807, 2.05) is 13.0 Å². The number of amidine groups is 1. The average Bonchev–Trinajstić information content (AvgIpc) is 2.53. The van der Waals surface area contributed by atoms with Crippen LogP contribution in [-0.4, -0.2) is 29.8 Å². The zero-order valence-corrected chi connectivity index (χ0v) is 15.5. The lowest BCUT2D eigenvalue weighted by atomic mass is 10.1. The van der Waals surface area contributed by atoms with Gasteiger partial charge in [0.1, 0.15) is 11.0 Å². The van der Waals surface area contributed by atoms with E-state index in [0.717, 1.165) is 28.5 Å². The van der Waals surface area contributed by atoms with Crippen LogP contribution in [0.25, 0.3) is 0 Å². The van der Waals surface area contributed by atoms with E-state index in [1.165, 1.54) is 0 Å². The first-order chi connectivity index (χ1) is 11.7. The molecule has 8 heteroatoms. The van der Waals surface area contributed by atoms with Crippen LogP contribution in [0.4, 0.5) is 18.9 Å². The van der Waals surface area contributed by atoms with Gasteiger partial charge in [-0.1, -0.05) is 17.7 Å². The fraction of sp³-hybridized carbons (Fsp3) is 0.294. The third-order valence-corrected chi connectivity index (χ3v) is 4.80. The number of aryl methyl sites for hydroxylation is 2. The monoisotopic (exact) mass is 387 g/mol. The Morgan fingerprint density at radius 1 is 1.24 bits per heavy atom. The van der Waals surface area contributed by atoms with Crippen molar-refractivity contribution >= 4 is 34.9 Å². The number of benzene rings is 1. The quantitative estimate of drug-likeness (QED) is 0.334. The molecule has 0 spiro atoms. The highest BCUT2D eigenvalue weighted by Gasteiger charge is 2.27. The van der Waals surface area contributed by atoms with Crippen molar-refractivity contribution in [1.82, 2.24) is 10.3 Å². The Bertz CT molecular complexity index is 774. The Labute approximate surface area is 153 Å². The van der Waals surface area contributed by atoms with Crippen LogP contribution in [0.5, 0.6) is 0 Å². The normalized spacial score (nSPS) is 12.4. The van der Waals surface area contributed by atoms with Gasteiger partial charge in [-0.15, -0.1) is 11.8 Å². The van der Waals surface area contributed by atoms with Crippen LogP contribution >= 0.6 is 23.4 Å². The molecule has 25 heavy (non-hydrogen) atoms. The predicted octanol–water partition coefficient (Wildman–Crippen LogP) is 5.30. The first-order valence-corrected chi connectivity index (χ1v) is 8.75. The molecule has 0 radical (unpaired) electrons. The molecule has 0 saturated heterocycles. The molecule has 1 aromatic carbocycles. The van der Waals surface area contributed by atoms with Crippen molar-refractivity contribution in [2.24, 2.45) is 4.99 Å². The van der Waals surface area contributed by atoms with E-state index >= 15 is 0 Å². The Morgan fingerprint density at radius 2 is 1.96 bits per heavy atom. The number of hydrogen-bond donors (Lipinski definition) is 1. The van der Waals surface area contributed by atoms with Crippen molar-refractivity contribution in [3.05, 3.63) is 52.3 Å². The topological polar surface area (TPSA) is 37.3 Å². The maximum absolute atomic E-state index is 12.5. The van der Waals surface area contributed by atoms with Gasteiger partial charge in [-0.3, -0.25) is 0 Å². The lowest BCUT2D eigenvalue weighted by Gasteiger charge is -2.12. The molecule has 0 bridgehead atoms. The Kier molecular flexibility index (Phi) is 6.35. The molecule has 1 heterocycles. The zero-order valence-electron chi connectivity index (χ0n) is 13.9. The minimum absolute atomic E-state index is 0.372. The van der Waals surface area contributed by atoms with Gasteiger partial charge in [-0.25, -0.2) is 9.98 Å². The van der Waals surface area contributed by atoms with Gasteiger partial charge in [0, 0.05) is 23.7 Å². The molecule has 2 aromatic rings. The smallest absolute Gasteiger partial charge is 0.373 e. The van der Waals surface area contributed by atoms with E-state index in [2.05, 4.69) is 15.3 Å². The molecule has 0 aliphatic heterocycles. The minimum atomic E-state index is -4.21. The summed E-state index contributed by atoms with van der Waals surface area (Å²) in [6, 6.07) is 6.94. The highest BCUT2D eigenvalue weighted by Crippen LogP contribution is 2.33. The van der Waals surface area contributed by atoms with Crippen LogP contribution in [0.15, 0.2) is 40.4 Å². The van der Waals surface area contributed by atoms with Crippen molar-refractivity contribution in [3.63, 3.8) is 0 Å². The third-order valence-electron chi connectivity index (χ3n) is 3.35. The summed E-state index contributed by atoms with van der Waals surface area (Å²) in [7, 11) is 1.72. The summed E-state index contributed by atoms with van der Waals surface area (Å²) in [4.78, 5) is 9.13. The van der Waals surface area contributed by atoms with Crippen molar-refractivity contribution in [2.75, 3.05) is 12.8 Å². The summed E-state index contributed by atoms with van der Waals surface area (Å²) in [5, 5.41) is 3.36. The van der Waals surface area contributed by atoms with Gasteiger partial charge in [0.15, 0.2) is 0 Å². The number of alkyl halides is 3. The molecule has 0 aliphatic carbocycles. The summed E-state index contributed by atoms with van der Waals surface area (Å²) in [5.74, 6) is -0.372. The van der Waals surface area contributed by atoms with Gasteiger partial charge in [0.05, 0.1) is 11.4 Å². The predicted molar refractivity (Wildman–Crippen MR) is 97.2 cm³/mol. The van der Waals surface area contributed by atoms with Crippen LogP contribution in [0.3, 0.4) is 0 Å². The molecule has 1 N–H and O–H groups in total. The minimum Gasteiger partial charge on any atom is -0.373 e. The number of thioether (sulfide) groups is 1. The molecule has 1 aromatic heterocycles. The largest absolute Gasteiger partial charge is 0.398 e. The maximum Gasteiger partial charge on any atom is 0.398 e. The van der Waals surface area contributed by atoms with Crippen molar-refractivity contribution in [1.29, 1.82) is 0 Å². The molecule has 0 saturated carbocycles. The number of hydrogen-bond acceptors (Lipinski definition) is 3. The van der Waals surface area contributed by atoms with Crippen LogP contribution in [0.1, 0.15) is 16.7 Å². The molecule has 0 aliphatic rings. The highest BCUT2D eigenvalue weighted by molar-refractivity contribution is 7.99. The van der Waals surface area contributed by atoms with Gasteiger partial charge in [0.2, 0.25) is 0 Å². The van der Waals surface area contributed by atoms with E-state index in [9.17, 15) is 13.2 Å². The number of aliphatic imine (C=N–C) groups is 1. The van der Waals surface area contributed by atoms with Gasteiger partial charge < -0.3 is 5.32 Å². The van der Waals surface area contributed by atoms with Crippen molar-refractivity contribution in [3.8, 4) is 0 Å². The molecule has 0 fully saturated rings. The lowest BCUT2D eigenvalue weighted by molar-refractivity contribution is -0.105. The SMILES string of the molecule is CN/C(=N\c1cc(SCC(F)(F)F)c(C)cc1C)c1ccc(Cl)nc1. The highest BCUT2D eigenvalue weighted by atomic mass is 35.5. The van der Waals surface area contributed by atoms with Crippen molar-refractivity contribution in [2.45, 2.75) is 24.9 Å². The summed E-state index contributed by atoms with van der Waals surface area (Å²) in [6.45, 7) is 3.67. The first-order valence-electron chi connectivity index (χ1n) is 7.39. The van der Waals surface area contributed by atoms with Crippen LogP contribution in [0, 0.1) is 13.8 Å². The first kappa shape index (κ1) is 19.6. The summed E-state index contributed by atoms with van der Waals surface area (Å²) < 4.78 is 37.5. The molecule has 0 atom stereocenters. The fourth-order valence-corrected chi connectivity index (χ4v) is 3.07. The molecule has 3 nitrogen and oxygen atoms in total. The summed E-state index contributed by atoms with van der Waals surface area (Å²) in [6.07, 6.45) is -2.63. The molecule has 134 valence electrons.